The monoisotopic (exact) mass is 520 g/mol. The van der Waals surface area contributed by atoms with Gasteiger partial charge in [-0.3, -0.25) is 14.4 Å². The Morgan fingerprint density at radius 2 is 1.79 bits per heavy atom. The summed E-state index contributed by atoms with van der Waals surface area (Å²) in [6.07, 6.45) is 1.44. The Bertz CT molecular complexity index is 1120. The van der Waals surface area contributed by atoms with Gasteiger partial charge in [0.15, 0.2) is 0 Å². The van der Waals surface area contributed by atoms with E-state index in [4.69, 9.17) is 10.5 Å². The Kier molecular flexibility index (Phi) is 8.53. The van der Waals surface area contributed by atoms with Crippen molar-refractivity contribution in [3.63, 3.8) is 0 Å². The first kappa shape index (κ1) is 27.8. The van der Waals surface area contributed by atoms with Gasteiger partial charge in [0.05, 0.1) is 24.2 Å². The van der Waals surface area contributed by atoms with E-state index in [1.165, 1.54) is 0 Å². The fourth-order valence-electron chi connectivity index (χ4n) is 5.66. The number of piperidine rings is 1. The lowest BCUT2D eigenvalue weighted by Gasteiger charge is -2.43. The molecule has 2 fully saturated rings. The highest BCUT2D eigenvalue weighted by atomic mass is 16.5. The summed E-state index contributed by atoms with van der Waals surface area (Å²) in [4.78, 5) is 44.1. The fraction of sp³-hybridized carbons (Fsp3) is 0.500. The maximum absolute atomic E-state index is 13.9. The third-order valence-corrected chi connectivity index (χ3v) is 7.79. The quantitative estimate of drug-likeness (QED) is 0.529. The smallest absolute Gasteiger partial charge is 0.247 e. The number of hydrogen-bond donors (Lipinski definition) is 2. The molecule has 4 rings (SSSR count). The van der Waals surface area contributed by atoms with Gasteiger partial charge in [0, 0.05) is 32.1 Å². The van der Waals surface area contributed by atoms with Crippen molar-refractivity contribution < 1.29 is 19.1 Å². The molecule has 38 heavy (non-hydrogen) atoms. The Balaban J connectivity index is 1.55. The highest BCUT2D eigenvalue weighted by Crippen LogP contribution is 2.49. The van der Waals surface area contributed by atoms with E-state index in [9.17, 15) is 14.4 Å². The highest BCUT2D eigenvalue weighted by Gasteiger charge is 2.56. The molecule has 0 aliphatic carbocycles. The number of nitrogens with zero attached hydrogens (tertiary/aromatic N) is 2. The summed E-state index contributed by atoms with van der Waals surface area (Å²) in [7, 11) is 0. The first-order chi connectivity index (χ1) is 18.2. The van der Waals surface area contributed by atoms with Crippen LogP contribution in [0.25, 0.3) is 0 Å². The Morgan fingerprint density at radius 3 is 2.42 bits per heavy atom. The molecule has 8 heteroatoms. The Labute approximate surface area is 225 Å². The van der Waals surface area contributed by atoms with Gasteiger partial charge in [-0.05, 0) is 44.7 Å². The van der Waals surface area contributed by atoms with Gasteiger partial charge in [-0.2, -0.15) is 0 Å². The molecule has 2 aromatic rings. The zero-order valence-electron chi connectivity index (χ0n) is 22.7. The molecule has 0 bridgehead atoms. The van der Waals surface area contributed by atoms with Gasteiger partial charge in [0.25, 0.3) is 0 Å². The zero-order valence-corrected chi connectivity index (χ0v) is 22.7. The molecule has 3 atom stereocenters. The summed E-state index contributed by atoms with van der Waals surface area (Å²) in [5.41, 5.74) is 6.28. The van der Waals surface area contributed by atoms with Crippen LogP contribution in [0, 0.1) is 5.41 Å². The van der Waals surface area contributed by atoms with Crippen molar-refractivity contribution in [3.8, 4) is 0 Å². The standard InChI is InChI=1S/C30H40N4O4/c1-4-33-18-24(23-14-9-6-10-15-23)30(28(33)37)16-11-17-34(21-30)26(35)25(32-27(36)29(2,3)31)20-38-19-22-12-7-5-8-13-22/h5-10,12-15,24-25H,4,11,16-21,31H2,1-3H3,(H,32,36). The molecule has 3 amide bonds. The van der Waals surface area contributed by atoms with Crippen molar-refractivity contribution in [2.24, 2.45) is 11.1 Å². The minimum absolute atomic E-state index is 0.00269. The highest BCUT2D eigenvalue weighted by molar-refractivity contribution is 5.92. The first-order valence-corrected chi connectivity index (χ1v) is 13.5. The lowest BCUT2D eigenvalue weighted by atomic mass is 9.69. The minimum atomic E-state index is -1.15. The van der Waals surface area contributed by atoms with Crippen molar-refractivity contribution >= 4 is 17.7 Å². The topological polar surface area (TPSA) is 105 Å². The molecule has 2 heterocycles. The molecule has 2 aliphatic heterocycles. The normalized spacial score (nSPS) is 22.5. The number of carbonyl (C=O) groups is 3. The van der Waals surface area contributed by atoms with Crippen LogP contribution in [0.2, 0.25) is 0 Å². The number of likely N-dealkylation sites (tertiary alicyclic amines) is 2. The molecular weight excluding hydrogens is 480 g/mol. The summed E-state index contributed by atoms with van der Waals surface area (Å²) in [5.74, 6) is -0.570. The van der Waals surface area contributed by atoms with Gasteiger partial charge in [0.1, 0.15) is 6.04 Å². The van der Waals surface area contributed by atoms with Gasteiger partial charge < -0.3 is 25.6 Å². The number of likely N-dealkylation sites (N-methyl/N-ethyl adjacent to an activating group) is 1. The molecule has 2 aromatic carbocycles. The summed E-state index contributed by atoms with van der Waals surface area (Å²) in [5, 5.41) is 2.82. The lowest BCUT2D eigenvalue weighted by molar-refractivity contribution is -0.147. The summed E-state index contributed by atoms with van der Waals surface area (Å²) in [6.45, 7) is 7.65. The molecule has 2 saturated heterocycles. The average molecular weight is 521 g/mol. The predicted octanol–water partition coefficient (Wildman–Crippen LogP) is 2.68. The molecule has 8 nitrogen and oxygen atoms in total. The van der Waals surface area contributed by atoms with Crippen LogP contribution in [0.1, 0.15) is 50.7 Å². The lowest BCUT2D eigenvalue weighted by Crippen LogP contribution is -2.60. The zero-order chi connectivity index (χ0) is 27.3. The number of rotatable bonds is 9. The Morgan fingerprint density at radius 1 is 1.13 bits per heavy atom. The SMILES string of the molecule is CCN1CC(c2ccccc2)C2(CCCN(C(=O)C(COCc3ccccc3)NC(=O)C(C)(C)N)C2)C1=O. The second-order valence-corrected chi connectivity index (χ2v) is 11.1. The van der Waals surface area contributed by atoms with Crippen LogP contribution in [0.4, 0.5) is 0 Å². The van der Waals surface area contributed by atoms with Crippen molar-refractivity contribution in [1.29, 1.82) is 0 Å². The molecule has 3 N–H and O–H groups in total. The van der Waals surface area contributed by atoms with E-state index in [1.807, 2.05) is 60.4 Å². The third-order valence-electron chi connectivity index (χ3n) is 7.79. The predicted molar refractivity (Wildman–Crippen MR) is 146 cm³/mol. The number of hydrogen-bond acceptors (Lipinski definition) is 5. The Hall–Kier alpha value is -3.23. The van der Waals surface area contributed by atoms with Crippen molar-refractivity contribution in [2.75, 3.05) is 32.8 Å². The van der Waals surface area contributed by atoms with Gasteiger partial charge in [-0.1, -0.05) is 60.7 Å². The van der Waals surface area contributed by atoms with E-state index in [0.717, 1.165) is 17.5 Å². The van der Waals surface area contributed by atoms with Crippen molar-refractivity contribution in [2.45, 2.75) is 57.7 Å². The van der Waals surface area contributed by atoms with Crippen LogP contribution >= 0.6 is 0 Å². The maximum atomic E-state index is 13.9. The molecule has 3 unspecified atom stereocenters. The van der Waals surface area contributed by atoms with Gasteiger partial charge in [-0.15, -0.1) is 0 Å². The van der Waals surface area contributed by atoms with Crippen LogP contribution in [0.15, 0.2) is 60.7 Å². The number of carbonyl (C=O) groups excluding carboxylic acids is 3. The fourth-order valence-corrected chi connectivity index (χ4v) is 5.66. The molecule has 204 valence electrons. The average Bonchev–Trinajstić information content (AvgIpc) is 3.18. The van der Waals surface area contributed by atoms with Crippen LogP contribution in [0.3, 0.4) is 0 Å². The molecule has 0 radical (unpaired) electrons. The molecule has 0 aromatic heterocycles. The second kappa shape index (κ2) is 11.7. The largest absolute Gasteiger partial charge is 0.374 e. The third kappa shape index (κ3) is 5.92. The van der Waals surface area contributed by atoms with Crippen LogP contribution in [0.5, 0.6) is 0 Å². The van der Waals surface area contributed by atoms with E-state index in [0.29, 0.717) is 39.2 Å². The number of benzene rings is 2. The van der Waals surface area contributed by atoms with Gasteiger partial charge in [-0.25, -0.2) is 0 Å². The van der Waals surface area contributed by atoms with E-state index in [2.05, 4.69) is 17.4 Å². The van der Waals surface area contributed by atoms with Crippen LogP contribution in [-0.4, -0.2) is 71.9 Å². The summed E-state index contributed by atoms with van der Waals surface area (Å²) in [6, 6.07) is 18.9. The number of ether oxygens (including phenoxy) is 1. The molecule has 2 aliphatic rings. The van der Waals surface area contributed by atoms with Crippen LogP contribution < -0.4 is 11.1 Å². The minimum Gasteiger partial charge on any atom is -0.374 e. The molecule has 0 saturated carbocycles. The second-order valence-electron chi connectivity index (χ2n) is 11.1. The van der Waals surface area contributed by atoms with E-state index < -0.39 is 22.9 Å². The van der Waals surface area contributed by atoms with Gasteiger partial charge in [0.2, 0.25) is 17.7 Å². The summed E-state index contributed by atoms with van der Waals surface area (Å²) < 4.78 is 5.89. The number of nitrogens with two attached hydrogens (primary N) is 1. The van der Waals surface area contributed by atoms with E-state index >= 15 is 0 Å². The summed E-state index contributed by atoms with van der Waals surface area (Å²) >= 11 is 0. The molecule has 1 spiro atoms. The van der Waals surface area contributed by atoms with Gasteiger partial charge >= 0.3 is 0 Å². The van der Waals surface area contributed by atoms with Crippen molar-refractivity contribution in [1.82, 2.24) is 15.1 Å². The number of amides is 3. The van der Waals surface area contributed by atoms with E-state index in [-0.39, 0.29) is 24.3 Å². The molecular formula is C30H40N4O4. The number of nitrogens with one attached hydrogen (secondary N) is 1. The van der Waals surface area contributed by atoms with E-state index in [1.54, 1.807) is 18.7 Å². The maximum Gasteiger partial charge on any atom is 0.247 e. The van der Waals surface area contributed by atoms with Crippen LogP contribution in [-0.2, 0) is 25.7 Å². The first-order valence-electron chi connectivity index (χ1n) is 13.5. The van der Waals surface area contributed by atoms with Crippen molar-refractivity contribution in [3.05, 3.63) is 71.8 Å².